The van der Waals surface area contributed by atoms with Gasteiger partial charge in [0.2, 0.25) is 0 Å². The van der Waals surface area contributed by atoms with Crippen molar-refractivity contribution >= 4 is 15.9 Å². The van der Waals surface area contributed by atoms with E-state index in [4.69, 9.17) is 5.73 Å². The fraction of sp³-hybridized carbons (Fsp3) is 0.538. The summed E-state index contributed by atoms with van der Waals surface area (Å²) in [6.45, 7) is 3.83. The highest BCUT2D eigenvalue weighted by atomic mass is 79.9. The van der Waals surface area contributed by atoms with Crippen LogP contribution < -0.4 is 5.73 Å². The maximum Gasteiger partial charge on any atom is 0.137 e. The lowest BCUT2D eigenvalue weighted by Gasteiger charge is -2.32. The number of halogens is 2. The van der Waals surface area contributed by atoms with Crippen molar-refractivity contribution in [2.24, 2.45) is 11.7 Å². The van der Waals surface area contributed by atoms with Crippen molar-refractivity contribution in [3.8, 4) is 0 Å². The molecule has 2 nitrogen and oxygen atoms in total. The molecule has 2 N–H and O–H groups in total. The van der Waals surface area contributed by atoms with Crippen molar-refractivity contribution in [2.75, 3.05) is 19.6 Å². The van der Waals surface area contributed by atoms with Gasteiger partial charge in [-0.15, -0.1) is 0 Å². The summed E-state index contributed by atoms with van der Waals surface area (Å²) in [5.74, 6) is 0.417. The molecule has 0 saturated carbocycles. The minimum Gasteiger partial charge on any atom is -0.330 e. The lowest BCUT2D eigenvalue weighted by Crippen LogP contribution is -2.37. The van der Waals surface area contributed by atoms with Crippen molar-refractivity contribution < 1.29 is 4.39 Å². The van der Waals surface area contributed by atoms with Crippen molar-refractivity contribution in [2.45, 2.75) is 19.4 Å². The molecule has 0 aliphatic carbocycles. The summed E-state index contributed by atoms with van der Waals surface area (Å²) < 4.78 is 13.7. The number of hydrogen-bond acceptors (Lipinski definition) is 2. The number of benzene rings is 1. The molecule has 0 bridgehead atoms. The molecule has 1 aliphatic rings. The molecule has 1 aromatic rings. The van der Waals surface area contributed by atoms with Crippen molar-refractivity contribution in [1.29, 1.82) is 0 Å². The number of hydrogen-bond donors (Lipinski definition) is 1. The third kappa shape index (κ3) is 3.50. The highest BCUT2D eigenvalue weighted by Gasteiger charge is 2.18. The second-order valence-electron chi connectivity index (χ2n) is 4.73. The van der Waals surface area contributed by atoms with Crippen LogP contribution in [0.4, 0.5) is 4.39 Å². The van der Waals surface area contributed by atoms with Gasteiger partial charge in [0.05, 0.1) is 4.47 Å². The third-order valence-electron chi connectivity index (χ3n) is 3.33. The fourth-order valence-corrected chi connectivity index (χ4v) is 2.81. The van der Waals surface area contributed by atoms with Gasteiger partial charge >= 0.3 is 0 Å². The normalized spacial score (nSPS) is 21.7. The summed E-state index contributed by atoms with van der Waals surface area (Å²) >= 11 is 3.22. The van der Waals surface area contributed by atoms with Gasteiger partial charge in [-0.25, -0.2) is 4.39 Å². The number of likely N-dealkylation sites (tertiary alicyclic amines) is 1. The second-order valence-corrected chi connectivity index (χ2v) is 5.58. The van der Waals surface area contributed by atoms with E-state index in [0.29, 0.717) is 10.4 Å². The molecule has 0 aromatic heterocycles. The predicted octanol–water partition coefficient (Wildman–Crippen LogP) is 2.76. The average Bonchev–Trinajstić information content (AvgIpc) is 2.34. The van der Waals surface area contributed by atoms with Gasteiger partial charge in [0, 0.05) is 13.1 Å². The van der Waals surface area contributed by atoms with Crippen LogP contribution in [0.15, 0.2) is 22.7 Å². The highest BCUT2D eigenvalue weighted by Crippen LogP contribution is 2.21. The average molecular weight is 301 g/mol. The molecular formula is C13H18BrFN2. The van der Waals surface area contributed by atoms with Gasteiger partial charge in [0.1, 0.15) is 5.82 Å². The van der Waals surface area contributed by atoms with Crippen LogP contribution in [0.3, 0.4) is 0 Å². The zero-order valence-corrected chi connectivity index (χ0v) is 11.4. The maximum atomic E-state index is 13.1. The van der Waals surface area contributed by atoms with E-state index in [-0.39, 0.29) is 5.82 Å². The topological polar surface area (TPSA) is 29.3 Å². The molecule has 0 radical (unpaired) electrons. The summed E-state index contributed by atoms with van der Waals surface area (Å²) in [6.07, 6.45) is 2.45. The highest BCUT2D eigenvalue weighted by molar-refractivity contribution is 9.10. The Labute approximate surface area is 110 Å². The van der Waals surface area contributed by atoms with Gasteiger partial charge in [-0.2, -0.15) is 0 Å². The molecule has 0 amide bonds. The van der Waals surface area contributed by atoms with Crippen molar-refractivity contribution in [3.63, 3.8) is 0 Å². The minimum atomic E-state index is -0.202. The molecular weight excluding hydrogens is 283 g/mol. The van der Waals surface area contributed by atoms with E-state index < -0.39 is 0 Å². The Balaban J connectivity index is 1.97. The Kier molecular flexibility index (Phi) is 4.54. The molecule has 2 rings (SSSR count). The van der Waals surface area contributed by atoms with Gasteiger partial charge in [-0.3, -0.25) is 4.90 Å². The zero-order valence-electron chi connectivity index (χ0n) is 9.83. The quantitative estimate of drug-likeness (QED) is 0.930. The first kappa shape index (κ1) is 13.0. The first-order valence-corrected chi connectivity index (χ1v) is 6.84. The summed E-state index contributed by atoms with van der Waals surface area (Å²) in [7, 11) is 0. The molecule has 1 fully saturated rings. The van der Waals surface area contributed by atoms with Crippen LogP contribution >= 0.6 is 15.9 Å². The Morgan fingerprint density at radius 2 is 2.29 bits per heavy atom. The van der Waals surface area contributed by atoms with E-state index >= 15 is 0 Å². The number of nitrogens with zero attached hydrogens (tertiary/aromatic N) is 1. The van der Waals surface area contributed by atoms with E-state index in [1.165, 1.54) is 18.9 Å². The summed E-state index contributed by atoms with van der Waals surface area (Å²) in [4.78, 5) is 2.40. The number of nitrogens with two attached hydrogens (primary N) is 1. The van der Waals surface area contributed by atoms with Crippen LogP contribution in [0.2, 0.25) is 0 Å². The standard InChI is InChI=1S/C13H18BrFN2/c14-12-6-10(3-4-13(12)15)8-17-5-1-2-11(7-16)9-17/h3-4,6,11H,1-2,5,7-9,16H2. The van der Waals surface area contributed by atoms with Gasteiger partial charge in [-0.05, 0) is 65.5 Å². The minimum absolute atomic E-state index is 0.202. The first-order chi connectivity index (χ1) is 8.19. The molecule has 4 heteroatoms. The molecule has 1 aromatic carbocycles. The smallest absolute Gasteiger partial charge is 0.137 e. The molecule has 1 atom stereocenters. The van der Waals surface area contributed by atoms with Crippen LogP contribution in [-0.2, 0) is 6.54 Å². The Bertz CT molecular complexity index is 384. The monoisotopic (exact) mass is 300 g/mol. The van der Waals surface area contributed by atoms with Crippen LogP contribution in [0.25, 0.3) is 0 Å². The molecule has 1 unspecified atom stereocenters. The summed E-state index contributed by atoms with van der Waals surface area (Å²) in [5.41, 5.74) is 6.87. The van der Waals surface area contributed by atoms with Crippen LogP contribution in [0.5, 0.6) is 0 Å². The van der Waals surface area contributed by atoms with E-state index in [0.717, 1.165) is 31.7 Å². The van der Waals surface area contributed by atoms with Gasteiger partial charge in [0.25, 0.3) is 0 Å². The van der Waals surface area contributed by atoms with E-state index in [9.17, 15) is 4.39 Å². The number of piperidine rings is 1. The SMILES string of the molecule is NCC1CCCN(Cc2ccc(F)c(Br)c2)C1. The van der Waals surface area contributed by atoms with Gasteiger partial charge in [-0.1, -0.05) is 6.07 Å². The lowest BCUT2D eigenvalue weighted by molar-refractivity contribution is 0.171. The summed E-state index contributed by atoms with van der Waals surface area (Å²) in [6, 6.07) is 5.23. The lowest BCUT2D eigenvalue weighted by atomic mass is 9.98. The molecule has 1 heterocycles. The van der Waals surface area contributed by atoms with Crippen LogP contribution in [-0.4, -0.2) is 24.5 Å². The predicted molar refractivity (Wildman–Crippen MR) is 71.2 cm³/mol. The fourth-order valence-electron chi connectivity index (χ4n) is 2.38. The van der Waals surface area contributed by atoms with E-state index in [1.807, 2.05) is 12.1 Å². The zero-order chi connectivity index (χ0) is 12.3. The Morgan fingerprint density at radius 1 is 1.47 bits per heavy atom. The Hall–Kier alpha value is -0.450. The largest absolute Gasteiger partial charge is 0.330 e. The maximum absolute atomic E-state index is 13.1. The number of rotatable bonds is 3. The van der Waals surface area contributed by atoms with E-state index in [2.05, 4.69) is 20.8 Å². The Morgan fingerprint density at radius 3 is 3.00 bits per heavy atom. The second kappa shape index (κ2) is 5.94. The third-order valence-corrected chi connectivity index (χ3v) is 3.93. The molecule has 94 valence electrons. The van der Waals surface area contributed by atoms with Crippen molar-refractivity contribution in [3.05, 3.63) is 34.1 Å². The molecule has 1 saturated heterocycles. The molecule has 1 aliphatic heterocycles. The van der Waals surface area contributed by atoms with Crippen LogP contribution in [0, 0.1) is 11.7 Å². The van der Waals surface area contributed by atoms with Gasteiger partial charge < -0.3 is 5.73 Å². The molecule has 17 heavy (non-hydrogen) atoms. The van der Waals surface area contributed by atoms with Gasteiger partial charge in [0.15, 0.2) is 0 Å². The van der Waals surface area contributed by atoms with Crippen LogP contribution in [0.1, 0.15) is 18.4 Å². The molecule has 0 spiro atoms. The van der Waals surface area contributed by atoms with Crippen molar-refractivity contribution in [1.82, 2.24) is 4.90 Å². The summed E-state index contributed by atoms with van der Waals surface area (Å²) in [5, 5.41) is 0. The first-order valence-electron chi connectivity index (χ1n) is 6.05. The van der Waals surface area contributed by atoms with E-state index in [1.54, 1.807) is 0 Å².